The van der Waals surface area contributed by atoms with E-state index in [0.717, 1.165) is 0 Å². The van der Waals surface area contributed by atoms with Gasteiger partial charge in [-0.3, -0.25) is 4.79 Å². The first-order valence-electron chi connectivity index (χ1n) is 5.70. The molecule has 1 amide bonds. The third-order valence-electron chi connectivity index (χ3n) is 2.53. The second kappa shape index (κ2) is 7.65. The van der Waals surface area contributed by atoms with Crippen molar-refractivity contribution in [3.63, 3.8) is 0 Å². The first kappa shape index (κ1) is 15.4. The van der Waals surface area contributed by atoms with Crippen LogP contribution in [0.1, 0.15) is 27.7 Å². The van der Waals surface area contributed by atoms with Gasteiger partial charge in [0.05, 0.1) is 6.61 Å². The average Bonchev–Trinajstić information content (AvgIpc) is 2.25. The van der Waals surface area contributed by atoms with E-state index < -0.39 is 5.97 Å². The largest absolute Gasteiger partial charge is 0.463 e. The maximum atomic E-state index is 11.4. The highest BCUT2D eigenvalue weighted by molar-refractivity contribution is 5.84. The summed E-state index contributed by atoms with van der Waals surface area (Å²) in [6, 6.07) is 0. The first-order valence-corrected chi connectivity index (χ1v) is 5.70. The molecular weight excluding hydrogens is 218 g/mol. The van der Waals surface area contributed by atoms with Crippen molar-refractivity contribution in [3.05, 3.63) is 24.4 Å². The molecule has 1 N–H and O–H groups in total. The Morgan fingerprint density at radius 3 is 2.41 bits per heavy atom. The van der Waals surface area contributed by atoms with Gasteiger partial charge in [-0.15, -0.1) is 6.58 Å². The van der Waals surface area contributed by atoms with Gasteiger partial charge < -0.3 is 10.1 Å². The number of carbonyl (C=O) groups excluding carboxylic acids is 2. The summed E-state index contributed by atoms with van der Waals surface area (Å²) in [5.41, 5.74) is 0.559. The molecule has 4 nitrogen and oxygen atoms in total. The van der Waals surface area contributed by atoms with E-state index in [1.807, 2.05) is 13.8 Å². The first-order chi connectivity index (χ1) is 7.92. The highest BCUT2D eigenvalue weighted by atomic mass is 16.5. The molecule has 0 saturated heterocycles. The molecule has 0 rings (SSSR count). The molecule has 0 aromatic rings. The predicted molar refractivity (Wildman–Crippen MR) is 67.1 cm³/mol. The Bertz CT molecular complexity index is 321. The van der Waals surface area contributed by atoms with Gasteiger partial charge in [0.25, 0.3) is 0 Å². The van der Waals surface area contributed by atoms with Gasteiger partial charge in [-0.05, 0) is 12.8 Å². The molecule has 17 heavy (non-hydrogen) atoms. The predicted octanol–water partition coefficient (Wildman–Crippen LogP) is 2.03. The molecule has 0 radical (unpaired) electrons. The fourth-order valence-electron chi connectivity index (χ4n) is 1.28. The van der Waals surface area contributed by atoms with Crippen LogP contribution >= 0.6 is 0 Å². The van der Waals surface area contributed by atoms with E-state index in [0.29, 0.717) is 12.3 Å². The van der Waals surface area contributed by atoms with E-state index in [4.69, 9.17) is 4.74 Å². The topological polar surface area (TPSA) is 55.4 Å². The molecule has 0 aliphatic heterocycles. The minimum absolute atomic E-state index is 0.000746. The number of amides is 1. The molecule has 0 aromatic heterocycles. The number of allylic oxidation sites excluding steroid dienone is 2. The SMILES string of the molecule is C=C[C@@H](C)[C@@H](C)/C(=C\C(=O)OCC)NC(C)=O. The van der Waals surface area contributed by atoms with Gasteiger partial charge in [-0.25, -0.2) is 4.79 Å². The van der Waals surface area contributed by atoms with Crippen molar-refractivity contribution in [2.75, 3.05) is 6.61 Å². The van der Waals surface area contributed by atoms with Gasteiger partial charge in [-0.2, -0.15) is 0 Å². The maximum Gasteiger partial charge on any atom is 0.332 e. The molecule has 4 heteroatoms. The summed E-state index contributed by atoms with van der Waals surface area (Å²) in [5.74, 6) is -0.494. The van der Waals surface area contributed by atoms with Crippen LogP contribution in [0.4, 0.5) is 0 Å². The molecule has 0 spiro atoms. The monoisotopic (exact) mass is 239 g/mol. The highest BCUT2D eigenvalue weighted by Crippen LogP contribution is 2.19. The maximum absolute atomic E-state index is 11.4. The fourth-order valence-corrected chi connectivity index (χ4v) is 1.28. The van der Waals surface area contributed by atoms with Gasteiger partial charge in [-0.1, -0.05) is 19.9 Å². The van der Waals surface area contributed by atoms with Gasteiger partial charge in [0, 0.05) is 24.6 Å². The molecule has 0 aliphatic carbocycles. The second-order valence-electron chi connectivity index (χ2n) is 3.92. The van der Waals surface area contributed by atoms with Crippen LogP contribution in [0.3, 0.4) is 0 Å². The van der Waals surface area contributed by atoms with E-state index in [-0.39, 0.29) is 17.7 Å². The summed E-state index contributed by atoms with van der Waals surface area (Å²) in [4.78, 5) is 22.5. The van der Waals surface area contributed by atoms with Crippen LogP contribution in [0.2, 0.25) is 0 Å². The molecule has 0 aromatic carbocycles. The quantitative estimate of drug-likeness (QED) is 0.438. The van der Waals surface area contributed by atoms with Crippen LogP contribution in [-0.4, -0.2) is 18.5 Å². The highest BCUT2D eigenvalue weighted by Gasteiger charge is 2.16. The Hall–Kier alpha value is -1.58. The number of ether oxygens (including phenoxy) is 1. The molecule has 0 unspecified atom stereocenters. The lowest BCUT2D eigenvalue weighted by molar-refractivity contribution is -0.137. The number of hydrogen-bond acceptors (Lipinski definition) is 3. The molecule has 0 heterocycles. The van der Waals surface area contributed by atoms with Crippen LogP contribution in [-0.2, 0) is 14.3 Å². The van der Waals surface area contributed by atoms with E-state index >= 15 is 0 Å². The summed E-state index contributed by atoms with van der Waals surface area (Å²) in [6.45, 7) is 11.1. The summed E-state index contributed by atoms with van der Waals surface area (Å²) >= 11 is 0. The number of hydrogen-bond donors (Lipinski definition) is 1. The van der Waals surface area contributed by atoms with Crippen LogP contribution in [0.25, 0.3) is 0 Å². The van der Waals surface area contributed by atoms with Gasteiger partial charge in [0.2, 0.25) is 5.91 Å². The van der Waals surface area contributed by atoms with Gasteiger partial charge in [0.15, 0.2) is 0 Å². The minimum Gasteiger partial charge on any atom is -0.463 e. The zero-order valence-corrected chi connectivity index (χ0v) is 10.9. The van der Waals surface area contributed by atoms with Crippen molar-refractivity contribution in [2.45, 2.75) is 27.7 Å². The van der Waals surface area contributed by atoms with Crippen molar-refractivity contribution in [3.8, 4) is 0 Å². The summed E-state index contributed by atoms with van der Waals surface area (Å²) in [5, 5.41) is 2.66. The van der Waals surface area contributed by atoms with Crippen LogP contribution < -0.4 is 5.32 Å². The normalized spacial score (nSPS) is 14.7. The van der Waals surface area contributed by atoms with Crippen LogP contribution in [0.5, 0.6) is 0 Å². The standard InChI is InChI=1S/C13H21NO3/c1-6-9(3)10(4)12(14-11(5)15)8-13(16)17-7-2/h6,8-10H,1,7H2,2-5H3,(H,14,15)/b12-8+/t9-,10-/m1/s1. The second-order valence-corrected chi connectivity index (χ2v) is 3.92. The zero-order chi connectivity index (χ0) is 13.4. The molecule has 2 atom stereocenters. The Kier molecular flexibility index (Phi) is 6.94. The minimum atomic E-state index is -0.445. The van der Waals surface area contributed by atoms with Gasteiger partial charge >= 0.3 is 5.97 Å². The van der Waals surface area contributed by atoms with E-state index in [1.165, 1.54) is 13.0 Å². The average molecular weight is 239 g/mol. The van der Waals surface area contributed by atoms with Crippen molar-refractivity contribution in [1.82, 2.24) is 5.32 Å². The van der Waals surface area contributed by atoms with E-state index in [9.17, 15) is 9.59 Å². The molecule has 0 saturated carbocycles. The Morgan fingerprint density at radius 2 is 2.00 bits per heavy atom. The van der Waals surface area contributed by atoms with Crippen LogP contribution in [0.15, 0.2) is 24.4 Å². The van der Waals surface area contributed by atoms with Crippen molar-refractivity contribution >= 4 is 11.9 Å². The third-order valence-corrected chi connectivity index (χ3v) is 2.53. The Morgan fingerprint density at radius 1 is 1.41 bits per heavy atom. The summed E-state index contributed by atoms with van der Waals surface area (Å²) < 4.78 is 4.83. The molecule has 0 aliphatic rings. The molecule has 0 bridgehead atoms. The lowest BCUT2D eigenvalue weighted by Crippen LogP contribution is -2.27. The van der Waals surface area contributed by atoms with Gasteiger partial charge in [0.1, 0.15) is 0 Å². The summed E-state index contributed by atoms with van der Waals surface area (Å²) in [6.07, 6.45) is 3.11. The molecule has 96 valence electrons. The number of carbonyl (C=O) groups is 2. The number of nitrogens with one attached hydrogen (secondary N) is 1. The van der Waals surface area contributed by atoms with Crippen molar-refractivity contribution in [2.24, 2.45) is 11.8 Å². The fraction of sp³-hybridized carbons (Fsp3) is 0.538. The zero-order valence-electron chi connectivity index (χ0n) is 10.9. The Balaban J connectivity index is 4.91. The third kappa shape index (κ3) is 5.90. The number of esters is 1. The smallest absolute Gasteiger partial charge is 0.332 e. The molecular formula is C13H21NO3. The van der Waals surface area contributed by atoms with E-state index in [1.54, 1.807) is 13.0 Å². The summed E-state index contributed by atoms with van der Waals surface area (Å²) in [7, 11) is 0. The van der Waals surface area contributed by atoms with Crippen molar-refractivity contribution < 1.29 is 14.3 Å². The lowest BCUT2D eigenvalue weighted by Gasteiger charge is -2.20. The molecule has 0 fully saturated rings. The lowest BCUT2D eigenvalue weighted by atomic mass is 9.92. The Labute approximate surface area is 103 Å². The van der Waals surface area contributed by atoms with E-state index in [2.05, 4.69) is 11.9 Å². The number of rotatable bonds is 6. The van der Waals surface area contributed by atoms with Crippen molar-refractivity contribution in [1.29, 1.82) is 0 Å². The van der Waals surface area contributed by atoms with Crippen LogP contribution in [0, 0.1) is 11.8 Å².